The zero-order chi connectivity index (χ0) is 34.0. The van der Waals surface area contributed by atoms with Crippen molar-refractivity contribution in [2.75, 3.05) is 39.3 Å². The van der Waals surface area contributed by atoms with E-state index in [1.54, 1.807) is 12.1 Å². The maximum absolute atomic E-state index is 14.5. The highest BCUT2D eigenvalue weighted by Gasteiger charge is 2.35. The first-order chi connectivity index (χ1) is 21.9. The van der Waals surface area contributed by atoms with Gasteiger partial charge in [-0.3, -0.25) is 13.9 Å². The summed E-state index contributed by atoms with van der Waals surface area (Å²) in [5.41, 5.74) is 1.85. The molecule has 0 aliphatic carbocycles. The number of anilines is 1. The average Bonchev–Trinajstić information content (AvgIpc) is 3.06. The lowest BCUT2D eigenvalue weighted by Gasteiger charge is -2.34. The Kier molecular flexibility index (Phi) is 12.7. The SMILES string of the molecule is CC[C@@H](C)NC(=O)[C@H](CC)N(Cc1ccccc1C)C(=O)CN(c1cc(OC)ccc1OC)S(=O)(=O)c1ccc(OC)c(OC)c1. The minimum Gasteiger partial charge on any atom is -0.497 e. The summed E-state index contributed by atoms with van der Waals surface area (Å²) < 4.78 is 51.6. The van der Waals surface area contributed by atoms with Gasteiger partial charge in [0.25, 0.3) is 10.0 Å². The van der Waals surface area contributed by atoms with Gasteiger partial charge in [0, 0.05) is 24.7 Å². The van der Waals surface area contributed by atoms with E-state index in [4.69, 9.17) is 18.9 Å². The molecule has 3 rings (SSSR count). The Balaban J connectivity index is 2.21. The number of amides is 2. The van der Waals surface area contributed by atoms with E-state index >= 15 is 0 Å². The molecule has 0 aromatic heterocycles. The number of hydrogen-bond acceptors (Lipinski definition) is 8. The lowest BCUT2D eigenvalue weighted by molar-refractivity contribution is -0.140. The van der Waals surface area contributed by atoms with Crippen LogP contribution in [0, 0.1) is 6.92 Å². The smallest absolute Gasteiger partial charge is 0.265 e. The molecule has 12 heteroatoms. The number of aryl methyl sites for hydroxylation is 1. The number of hydrogen-bond donors (Lipinski definition) is 1. The number of ether oxygens (including phenoxy) is 4. The topological polar surface area (TPSA) is 124 Å². The largest absolute Gasteiger partial charge is 0.497 e. The van der Waals surface area contributed by atoms with Crippen molar-refractivity contribution in [2.45, 2.75) is 64.1 Å². The van der Waals surface area contributed by atoms with Crippen LogP contribution in [0.3, 0.4) is 0 Å². The molecule has 250 valence electrons. The fraction of sp³-hybridized carbons (Fsp3) is 0.412. The quantitative estimate of drug-likeness (QED) is 0.230. The zero-order valence-corrected chi connectivity index (χ0v) is 28.6. The highest BCUT2D eigenvalue weighted by Crippen LogP contribution is 2.38. The Hall–Kier alpha value is -4.45. The second kappa shape index (κ2) is 16.2. The van der Waals surface area contributed by atoms with Crippen LogP contribution in [0.15, 0.2) is 65.6 Å². The summed E-state index contributed by atoms with van der Waals surface area (Å²) in [5.74, 6) is 0.193. The number of carbonyl (C=O) groups is 2. The highest BCUT2D eigenvalue weighted by atomic mass is 32.2. The average molecular weight is 656 g/mol. The van der Waals surface area contributed by atoms with E-state index in [1.807, 2.05) is 52.0 Å². The molecule has 0 radical (unpaired) electrons. The van der Waals surface area contributed by atoms with Gasteiger partial charge in [0.2, 0.25) is 11.8 Å². The standard InChI is InChI=1S/C34H45N3O8S/c1-9-24(4)35-34(39)28(10-2)36(21-25-14-12-11-13-23(25)3)33(38)22-37(29-19-26(42-5)15-17-30(29)43-6)46(40,41)27-16-18-31(44-7)32(20-27)45-8/h11-20,24,28H,9-10,21-22H2,1-8H3,(H,35,39)/t24-,28+/m1/s1. The number of carbonyl (C=O) groups excluding carboxylic acids is 2. The van der Waals surface area contributed by atoms with Crippen molar-refractivity contribution in [3.05, 3.63) is 71.8 Å². The third kappa shape index (κ3) is 8.22. The lowest BCUT2D eigenvalue weighted by Crippen LogP contribution is -2.53. The molecule has 0 saturated carbocycles. The first-order valence-corrected chi connectivity index (χ1v) is 16.5. The number of methoxy groups -OCH3 is 4. The third-order valence-corrected chi connectivity index (χ3v) is 9.62. The normalized spacial score (nSPS) is 12.4. The van der Waals surface area contributed by atoms with Crippen LogP contribution in [0.2, 0.25) is 0 Å². The molecule has 1 N–H and O–H groups in total. The van der Waals surface area contributed by atoms with Crippen molar-refractivity contribution >= 4 is 27.5 Å². The van der Waals surface area contributed by atoms with Gasteiger partial charge in [0.1, 0.15) is 24.1 Å². The Labute approximate surface area is 272 Å². The summed E-state index contributed by atoms with van der Waals surface area (Å²) in [5, 5.41) is 2.99. The second-order valence-electron chi connectivity index (χ2n) is 10.8. The molecule has 2 amide bonds. The van der Waals surface area contributed by atoms with Crippen LogP contribution in [0.25, 0.3) is 0 Å². The van der Waals surface area contributed by atoms with Crippen LogP contribution in [-0.2, 0) is 26.2 Å². The monoisotopic (exact) mass is 655 g/mol. The molecule has 0 fully saturated rings. The summed E-state index contributed by atoms with van der Waals surface area (Å²) >= 11 is 0. The Morgan fingerprint density at radius 3 is 2.07 bits per heavy atom. The van der Waals surface area contributed by atoms with Crippen LogP contribution in [-0.4, -0.2) is 72.2 Å². The van der Waals surface area contributed by atoms with Crippen LogP contribution in [0.5, 0.6) is 23.0 Å². The van der Waals surface area contributed by atoms with Gasteiger partial charge >= 0.3 is 0 Å². The van der Waals surface area contributed by atoms with E-state index in [2.05, 4.69) is 5.32 Å². The van der Waals surface area contributed by atoms with E-state index in [0.717, 1.165) is 15.4 Å². The fourth-order valence-electron chi connectivity index (χ4n) is 4.94. The van der Waals surface area contributed by atoms with Crippen LogP contribution in [0.1, 0.15) is 44.7 Å². The summed E-state index contributed by atoms with van der Waals surface area (Å²) in [6.07, 6.45) is 1.02. The predicted octanol–water partition coefficient (Wildman–Crippen LogP) is 4.95. The predicted molar refractivity (Wildman–Crippen MR) is 177 cm³/mol. The van der Waals surface area contributed by atoms with E-state index in [0.29, 0.717) is 24.3 Å². The van der Waals surface area contributed by atoms with Crippen molar-refractivity contribution in [1.82, 2.24) is 10.2 Å². The lowest BCUT2D eigenvalue weighted by atomic mass is 10.1. The molecule has 11 nitrogen and oxygen atoms in total. The maximum Gasteiger partial charge on any atom is 0.265 e. The van der Waals surface area contributed by atoms with Gasteiger partial charge in [0.05, 0.1) is 39.0 Å². The molecule has 0 unspecified atom stereocenters. The molecule has 3 aromatic rings. The molecule has 0 heterocycles. The Morgan fingerprint density at radius 2 is 1.48 bits per heavy atom. The van der Waals surface area contributed by atoms with E-state index < -0.39 is 28.5 Å². The number of nitrogens with zero attached hydrogens (tertiary/aromatic N) is 2. The molecule has 0 spiro atoms. The zero-order valence-electron chi connectivity index (χ0n) is 27.8. The number of benzene rings is 3. The van der Waals surface area contributed by atoms with Crippen LogP contribution < -0.4 is 28.6 Å². The first kappa shape index (κ1) is 36.0. The molecule has 0 bridgehead atoms. The van der Waals surface area contributed by atoms with Crippen LogP contribution in [0.4, 0.5) is 5.69 Å². The van der Waals surface area contributed by atoms with Crippen molar-refractivity contribution in [2.24, 2.45) is 0 Å². The van der Waals surface area contributed by atoms with Gasteiger partial charge in [-0.05, 0) is 62.1 Å². The summed E-state index contributed by atoms with van der Waals surface area (Å²) in [6, 6.07) is 15.5. The molecule has 0 aliphatic heterocycles. The van der Waals surface area contributed by atoms with E-state index in [-0.39, 0.29) is 40.6 Å². The minimum atomic E-state index is -4.44. The van der Waals surface area contributed by atoms with Gasteiger partial charge in [-0.25, -0.2) is 8.42 Å². The molecular weight excluding hydrogens is 610 g/mol. The Morgan fingerprint density at radius 1 is 0.826 bits per heavy atom. The van der Waals surface area contributed by atoms with Gasteiger partial charge in [-0.2, -0.15) is 0 Å². The molecule has 46 heavy (non-hydrogen) atoms. The first-order valence-electron chi connectivity index (χ1n) is 15.1. The van der Waals surface area contributed by atoms with Gasteiger partial charge in [-0.1, -0.05) is 38.1 Å². The van der Waals surface area contributed by atoms with Gasteiger partial charge in [0.15, 0.2) is 11.5 Å². The number of rotatable bonds is 16. The maximum atomic E-state index is 14.5. The highest BCUT2D eigenvalue weighted by molar-refractivity contribution is 7.92. The molecular formula is C34H45N3O8S. The summed E-state index contributed by atoms with van der Waals surface area (Å²) in [7, 11) is 1.27. The molecule has 2 atom stereocenters. The minimum absolute atomic E-state index is 0.0814. The van der Waals surface area contributed by atoms with E-state index in [9.17, 15) is 18.0 Å². The Bertz CT molecular complexity index is 1610. The third-order valence-electron chi connectivity index (χ3n) is 7.87. The summed E-state index contributed by atoms with van der Waals surface area (Å²) in [4.78, 5) is 29.3. The molecule has 0 aliphatic rings. The number of sulfonamides is 1. The summed E-state index contributed by atoms with van der Waals surface area (Å²) in [6.45, 7) is 7.05. The van der Waals surface area contributed by atoms with Crippen molar-refractivity contribution < 1.29 is 37.0 Å². The molecule has 0 saturated heterocycles. The van der Waals surface area contributed by atoms with Crippen molar-refractivity contribution in [3.63, 3.8) is 0 Å². The van der Waals surface area contributed by atoms with E-state index in [1.165, 1.54) is 57.6 Å². The fourth-order valence-corrected chi connectivity index (χ4v) is 6.37. The van der Waals surface area contributed by atoms with Crippen LogP contribution >= 0.6 is 0 Å². The second-order valence-corrected chi connectivity index (χ2v) is 12.6. The molecule has 3 aromatic carbocycles. The van der Waals surface area contributed by atoms with Gasteiger partial charge < -0.3 is 29.2 Å². The van der Waals surface area contributed by atoms with Gasteiger partial charge in [-0.15, -0.1) is 0 Å². The van der Waals surface area contributed by atoms with Crippen molar-refractivity contribution in [1.29, 1.82) is 0 Å². The number of nitrogens with one attached hydrogen (secondary N) is 1. The van der Waals surface area contributed by atoms with Crippen molar-refractivity contribution in [3.8, 4) is 23.0 Å².